The molecule has 36 heavy (non-hydrogen) atoms. The van der Waals surface area contributed by atoms with Gasteiger partial charge in [0.15, 0.2) is 5.82 Å². The van der Waals surface area contributed by atoms with Gasteiger partial charge in [-0.1, -0.05) is 50.6 Å². The van der Waals surface area contributed by atoms with Crippen LogP contribution >= 0.6 is 0 Å². The number of nitrogens with zero attached hydrogens (tertiary/aromatic N) is 9. The van der Waals surface area contributed by atoms with Crippen molar-refractivity contribution in [2.45, 2.75) is 52.6 Å². The van der Waals surface area contributed by atoms with Crippen LogP contribution in [0.3, 0.4) is 0 Å². The van der Waals surface area contributed by atoms with Crippen molar-refractivity contribution in [3.63, 3.8) is 0 Å². The van der Waals surface area contributed by atoms with Crippen molar-refractivity contribution in [2.24, 2.45) is 0 Å². The Kier molecular flexibility index (Phi) is 6.78. The number of tetrazole rings is 1. The van der Waals surface area contributed by atoms with Gasteiger partial charge in [0, 0.05) is 35.8 Å². The van der Waals surface area contributed by atoms with Crippen LogP contribution in [0.1, 0.15) is 44.4 Å². The van der Waals surface area contributed by atoms with Gasteiger partial charge < -0.3 is 0 Å². The van der Waals surface area contributed by atoms with Crippen molar-refractivity contribution in [1.82, 2.24) is 49.5 Å². The normalized spacial score (nSPS) is 11.3. The van der Waals surface area contributed by atoms with Gasteiger partial charge in [0.05, 0.1) is 12.2 Å². The van der Waals surface area contributed by atoms with Gasteiger partial charge >= 0.3 is 5.69 Å². The number of aromatic nitrogens is 10. The quantitative estimate of drug-likeness (QED) is 0.322. The van der Waals surface area contributed by atoms with Crippen LogP contribution in [0, 0.1) is 0 Å². The molecule has 1 N–H and O–H groups in total. The van der Waals surface area contributed by atoms with Gasteiger partial charge in [0.1, 0.15) is 6.33 Å². The van der Waals surface area contributed by atoms with Crippen LogP contribution in [0.25, 0.3) is 28.6 Å². The highest BCUT2D eigenvalue weighted by atomic mass is 16.2. The van der Waals surface area contributed by atoms with E-state index in [9.17, 15) is 4.79 Å². The summed E-state index contributed by atoms with van der Waals surface area (Å²) in [6.45, 7) is 5.35. The molecule has 5 aromatic rings. The van der Waals surface area contributed by atoms with E-state index in [1.54, 1.807) is 9.25 Å². The number of hydrogen-bond donors (Lipinski definition) is 1. The predicted molar refractivity (Wildman–Crippen MR) is 134 cm³/mol. The van der Waals surface area contributed by atoms with E-state index in [1.807, 2.05) is 53.4 Å². The summed E-state index contributed by atoms with van der Waals surface area (Å²) >= 11 is 0. The summed E-state index contributed by atoms with van der Waals surface area (Å²) in [6, 6.07) is 11.8. The van der Waals surface area contributed by atoms with Crippen molar-refractivity contribution >= 4 is 0 Å². The van der Waals surface area contributed by atoms with Gasteiger partial charge in [0.25, 0.3) is 0 Å². The summed E-state index contributed by atoms with van der Waals surface area (Å²) in [5.41, 5.74) is 4.37. The lowest BCUT2D eigenvalue weighted by atomic mass is 10.0. The molecule has 0 saturated carbocycles. The Morgan fingerprint density at radius 1 is 1.00 bits per heavy atom. The minimum atomic E-state index is -0.126. The largest absolute Gasteiger partial charge is 0.335 e. The van der Waals surface area contributed by atoms with Crippen molar-refractivity contribution in [1.29, 1.82) is 0 Å². The summed E-state index contributed by atoms with van der Waals surface area (Å²) < 4.78 is 5.19. The van der Waals surface area contributed by atoms with E-state index >= 15 is 0 Å². The topological polar surface area (TPSA) is 125 Å². The molecular weight excluding hydrogens is 456 g/mol. The fourth-order valence-electron chi connectivity index (χ4n) is 4.26. The Morgan fingerprint density at radius 3 is 2.58 bits per heavy atom. The lowest BCUT2D eigenvalue weighted by Crippen LogP contribution is -2.26. The molecule has 0 aliphatic heterocycles. The standard InChI is InChI=1S/C25H28N10O/c1-3-5-8-19-16-34(24-27-17-28-35(24)13-4-2)25(36)33(19)15-18-11-12-22(26-14-18)20-9-6-7-10-21(20)23-29-31-32-30-23/h6-7,9-12,14,16-17H,3-5,8,13,15H2,1-2H3,(H,29,30,31,32). The van der Waals surface area contributed by atoms with E-state index < -0.39 is 0 Å². The maximum atomic E-state index is 13.5. The average molecular weight is 485 g/mol. The van der Waals surface area contributed by atoms with Gasteiger partial charge in [-0.2, -0.15) is 10.1 Å². The van der Waals surface area contributed by atoms with E-state index in [0.29, 0.717) is 24.9 Å². The summed E-state index contributed by atoms with van der Waals surface area (Å²) in [7, 11) is 0. The third kappa shape index (κ3) is 4.59. The average Bonchev–Trinajstić information content (AvgIpc) is 3.66. The summed E-state index contributed by atoms with van der Waals surface area (Å²) in [6.07, 6.45) is 8.97. The highest BCUT2D eigenvalue weighted by molar-refractivity contribution is 5.78. The molecule has 5 rings (SSSR count). The number of imidazole rings is 1. The summed E-state index contributed by atoms with van der Waals surface area (Å²) in [4.78, 5) is 22.5. The number of rotatable bonds is 10. The van der Waals surface area contributed by atoms with Crippen LogP contribution in [-0.4, -0.2) is 49.5 Å². The number of H-pyrrole nitrogens is 1. The van der Waals surface area contributed by atoms with Gasteiger partial charge in [-0.05, 0) is 41.3 Å². The Bertz CT molecular complexity index is 1480. The number of hydrogen-bond acceptors (Lipinski definition) is 7. The molecular formula is C25H28N10O. The van der Waals surface area contributed by atoms with Gasteiger partial charge in [-0.3, -0.25) is 9.55 Å². The maximum Gasteiger partial charge on any atom is 0.335 e. The number of unbranched alkanes of at least 4 members (excludes halogenated alkanes) is 1. The highest BCUT2D eigenvalue weighted by Crippen LogP contribution is 2.28. The Morgan fingerprint density at radius 2 is 1.86 bits per heavy atom. The van der Waals surface area contributed by atoms with E-state index in [-0.39, 0.29) is 5.69 Å². The molecule has 0 atom stereocenters. The molecule has 0 unspecified atom stereocenters. The Labute approximate surface area is 207 Å². The zero-order valence-electron chi connectivity index (χ0n) is 20.4. The number of nitrogens with one attached hydrogen (secondary N) is 1. The van der Waals surface area contributed by atoms with Crippen LogP contribution in [0.4, 0.5) is 0 Å². The molecule has 11 heteroatoms. The molecule has 0 fully saturated rings. The third-order valence-electron chi connectivity index (χ3n) is 6.06. The first kappa shape index (κ1) is 23.3. The van der Waals surface area contributed by atoms with Gasteiger partial charge in [0.2, 0.25) is 5.95 Å². The summed E-state index contributed by atoms with van der Waals surface area (Å²) in [5, 5.41) is 18.5. The SMILES string of the molecule is CCCCc1cn(-c2ncnn2CCC)c(=O)n1Cc1ccc(-c2ccccc2-c2nnn[nH]2)nc1. The summed E-state index contributed by atoms with van der Waals surface area (Å²) in [5.74, 6) is 1.13. The predicted octanol–water partition coefficient (Wildman–Crippen LogP) is 3.27. The molecule has 4 aromatic heterocycles. The van der Waals surface area contributed by atoms with Crippen LogP contribution in [0.5, 0.6) is 0 Å². The molecule has 0 amide bonds. The maximum absolute atomic E-state index is 13.5. The van der Waals surface area contributed by atoms with Crippen molar-refractivity contribution in [2.75, 3.05) is 0 Å². The third-order valence-corrected chi connectivity index (χ3v) is 6.06. The zero-order valence-corrected chi connectivity index (χ0v) is 20.4. The monoisotopic (exact) mass is 484 g/mol. The molecule has 0 saturated heterocycles. The number of aromatic amines is 1. The zero-order chi connectivity index (χ0) is 24.9. The molecule has 4 heterocycles. The first-order valence-corrected chi connectivity index (χ1v) is 12.2. The molecule has 0 spiro atoms. The van der Waals surface area contributed by atoms with Gasteiger partial charge in [-0.25, -0.2) is 19.1 Å². The number of pyridine rings is 1. The first-order chi connectivity index (χ1) is 17.7. The highest BCUT2D eigenvalue weighted by Gasteiger charge is 2.17. The first-order valence-electron chi connectivity index (χ1n) is 12.2. The minimum absolute atomic E-state index is 0.126. The van der Waals surface area contributed by atoms with Crippen molar-refractivity contribution in [3.8, 4) is 28.6 Å². The van der Waals surface area contributed by atoms with Crippen LogP contribution in [0.2, 0.25) is 0 Å². The van der Waals surface area contributed by atoms with E-state index in [1.165, 1.54) is 6.33 Å². The van der Waals surface area contributed by atoms with Crippen LogP contribution in [-0.2, 0) is 19.5 Å². The fraction of sp³-hybridized carbons (Fsp3) is 0.320. The smallest absolute Gasteiger partial charge is 0.291 e. The fourth-order valence-corrected chi connectivity index (χ4v) is 4.26. The van der Waals surface area contributed by atoms with Crippen LogP contribution in [0.15, 0.2) is 59.9 Å². The molecule has 0 aliphatic carbocycles. The lowest BCUT2D eigenvalue weighted by molar-refractivity contribution is 0.578. The van der Waals surface area contributed by atoms with E-state index in [2.05, 4.69) is 44.6 Å². The van der Waals surface area contributed by atoms with E-state index in [0.717, 1.165) is 53.8 Å². The Balaban J connectivity index is 1.46. The molecule has 1 aromatic carbocycles. The molecule has 184 valence electrons. The lowest BCUT2D eigenvalue weighted by Gasteiger charge is -2.09. The van der Waals surface area contributed by atoms with Gasteiger partial charge in [-0.15, -0.1) is 5.10 Å². The van der Waals surface area contributed by atoms with Crippen LogP contribution < -0.4 is 5.69 Å². The minimum Gasteiger partial charge on any atom is -0.291 e. The second-order valence-corrected chi connectivity index (χ2v) is 8.59. The second kappa shape index (κ2) is 10.5. The molecule has 11 nitrogen and oxygen atoms in total. The molecule has 0 radical (unpaired) electrons. The Hall–Kier alpha value is -4.41. The molecule has 0 bridgehead atoms. The van der Waals surface area contributed by atoms with E-state index in [4.69, 9.17) is 4.98 Å². The number of aryl methyl sites for hydroxylation is 2. The molecule has 0 aliphatic rings. The van der Waals surface area contributed by atoms with Crippen molar-refractivity contribution in [3.05, 3.63) is 76.9 Å². The second-order valence-electron chi connectivity index (χ2n) is 8.59. The van der Waals surface area contributed by atoms with Crippen molar-refractivity contribution < 1.29 is 0 Å². The number of benzene rings is 1.